The maximum atomic E-state index is 10.7. The number of hydrogen-bond donors (Lipinski definition) is 0. The average Bonchev–Trinajstić information content (AvgIpc) is 2.88. The molecule has 2 saturated heterocycles. The standard InChI is InChI=1S/2C10H24O4Si2.2CHF3O3S.2Li/c2*1-15(2)13-9-7-11-5-6-12-8-10-14-16(15,3)4;2*2-1(3,4)8(5,6)7;;/h2*5-10H2,1-4H3;2*(H,5,6,7);;/q;;;;2*+1/p-2. The van der Waals surface area contributed by atoms with Gasteiger partial charge in [0.25, 0.3) is 0 Å². The molecule has 28 heteroatoms. The third-order valence-electron chi connectivity index (χ3n) is 6.97. The molecule has 2 aliphatic rings. The minimum atomic E-state index is -6.09. The van der Waals surface area contributed by atoms with Gasteiger partial charge in [0.2, 0.25) is 31.3 Å². The first kappa shape index (κ1) is 57.9. The van der Waals surface area contributed by atoms with Crippen molar-refractivity contribution in [2.24, 2.45) is 0 Å². The predicted octanol–water partition coefficient (Wildman–Crippen LogP) is -2.78. The summed E-state index contributed by atoms with van der Waals surface area (Å²) in [5.74, 6) is 0. The third kappa shape index (κ3) is 25.3. The van der Waals surface area contributed by atoms with E-state index in [9.17, 15) is 26.3 Å². The molecule has 0 atom stereocenters. The quantitative estimate of drug-likeness (QED) is 0.106. The Hall–Kier alpha value is 1.14. The molecule has 0 aliphatic carbocycles. The maximum absolute atomic E-state index is 10.7. The van der Waals surface area contributed by atoms with E-state index < -0.39 is 62.6 Å². The summed E-state index contributed by atoms with van der Waals surface area (Å²) < 4.78 is 164. The fraction of sp³-hybridized carbons (Fsp3) is 1.00. The van der Waals surface area contributed by atoms with E-state index in [1.165, 1.54) is 0 Å². The maximum Gasteiger partial charge on any atom is 1.00 e. The summed E-state index contributed by atoms with van der Waals surface area (Å²) in [5, 5.41) is 0. The number of alkyl halides is 6. The molecule has 0 aromatic rings. The van der Waals surface area contributed by atoms with Gasteiger partial charge in [-0.3, -0.25) is 0 Å². The van der Waals surface area contributed by atoms with Gasteiger partial charge in [-0.1, -0.05) is 0 Å². The van der Waals surface area contributed by atoms with E-state index in [1.54, 1.807) is 0 Å². The van der Waals surface area contributed by atoms with Crippen molar-refractivity contribution in [1.29, 1.82) is 0 Å². The number of ether oxygens (including phenoxy) is 4. The van der Waals surface area contributed by atoms with Crippen molar-refractivity contribution in [2.75, 3.05) is 79.3 Å². The molecular weight excluding hydrogens is 793 g/mol. The molecule has 0 aromatic heterocycles. The Bertz CT molecular complexity index is 992. The summed E-state index contributed by atoms with van der Waals surface area (Å²) in [6, 6.07) is 0. The van der Waals surface area contributed by atoms with Gasteiger partial charge in [0.15, 0.2) is 20.2 Å². The molecule has 14 nitrogen and oxygen atoms in total. The Balaban J connectivity index is -0.000000293. The van der Waals surface area contributed by atoms with E-state index >= 15 is 0 Å². The molecule has 0 N–H and O–H groups in total. The van der Waals surface area contributed by atoms with Crippen LogP contribution in [-0.2, 0) is 56.9 Å². The van der Waals surface area contributed by atoms with Crippen LogP contribution in [0, 0.1) is 0 Å². The zero-order chi connectivity index (χ0) is 38.1. The number of halogens is 6. The molecule has 2 rings (SSSR count). The Morgan fingerprint density at radius 3 is 0.640 bits per heavy atom. The summed E-state index contributed by atoms with van der Waals surface area (Å²) in [7, 11) is -19.0. The van der Waals surface area contributed by atoms with E-state index in [0.29, 0.717) is 79.3 Å². The van der Waals surface area contributed by atoms with Gasteiger partial charge in [0.1, 0.15) is 0 Å². The van der Waals surface area contributed by atoms with Gasteiger partial charge in [-0.05, 0) is 52.4 Å². The molecule has 0 saturated carbocycles. The second-order valence-electron chi connectivity index (χ2n) is 11.7. The minimum Gasteiger partial charge on any atom is -0.741 e. The molecule has 2 aliphatic heterocycles. The molecule has 0 amide bonds. The van der Waals surface area contributed by atoms with Gasteiger partial charge in [0.05, 0.1) is 79.3 Å². The van der Waals surface area contributed by atoms with Gasteiger partial charge in [-0.25, -0.2) is 16.8 Å². The van der Waals surface area contributed by atoms with Crippen molar-refractivity contribution >= 4 is 51.6 Å². The first-order valence-electron chi connectivity index (χ1n) is 14.3. The Kier molecular flexibility index (Phi) is 29.3. The zero-order valence-corrected chi connectivity index (χ0v) is 35.9. The van der Waals surface area contributed by atoms with Gasteiger partial charge in [-0.2, -0.15) is 26.3 Å². The van der Waals surface area contributed by atoms with E-state index in [0.717, 1.165) is 0 Å². The van der Waals surface area contributed by atoms with Crippen LogP contribution in [0.1, 0.15) is 0 Å². The summed E-state index contributed by atoms with van der Waals surface area (Å²) >= 11 is 0. The first-order valence-corrected chi connectivity index (χ1v) is 30.8. The monoisotopic (exact) mass is 840 g/mol. The zero-order valence-electron chi connectivity index (χ0n) is 30.3. The van der Waals surface area contributed by atoms with Crippen molar-refractivity contribution in [1.82, 2.24) is 0 Å². The van der Waals surface area contributed by atoms with E-state index in [1.807, 2.05) is 0 Å². The second-order valence-corrected chi connectivity index (χ2v) is 42.1. The van der Waals surface area contributed by atoms with Crippen LogP contribution in [-0.4, -0.2) is 148 Å². The van der Waals surface area contributed by atoms with Gasteiger partial charge in [0, 0.05) is 0 Å². The molecule has 50 heavy (non-hydrogen) atoms. The third-order valence-corrected chi connectivity index (χ3v) is 36.7. The average molecular weight is 841 g/mol. The fourth-order valence-electron chi connectivity index (χ4n) is 2.76. The van der Waals surface area contributed by atoms with Crippen LogP contribution in [0.15, 0.2) is 0 Å². The molecular formula is C22H48F6Li2O14S2Si4. The molecule has 292 valence electrons. The normalized spacial score (nSPS) is 22.2. The van der Waals surface area contributed by atoms with E-state index in [-0.39, 0.29) is 37.7 Å². The van der Waals surface area contributed by atoms with Gasteiger partial charge >= 0.3 is 48.7 Å². The Labute approximate surface area is 319 Å². The largest absolute Gasteiger partial charge is 1.00 e. The van der Waals surface area contributed by atoms with Crippen LogP contribution < -0.4 is 37.7 Å². The van der Waals surface area contributed by atoms with Crippen molar-refractivity contribution in [3.63, 3.8) is 0 Å². The van der Waals surface area contributed by atoms with Gasteiger partial charge < -0.3 is 45.8 Å². The molecule has 0 bridgehead atoms. The molecule has 2 fully saturated rings. The fourth-order valence-corrected chi connectivity index (χ4v) is 11.9. The molecule has 0 aromatic carbocycles. The summed E-state index contributed by atoms with van der Waals surface area (Å²) in [5.41, 5.74) is -11.3. The van der Waals surface area contributed by atoms with Crippen molar-refractivity contribution < 1.29 is 127 Å². The van der Waals surface area contributed by atoms with Crippen LogP contribution in [0.5, 0.6) is 0 Å². The van der Waals surface area contributed by atoms with Crippen LogP contribution in [0.25, 0.3) is 0 Å². The summed E-state index contributed by atoms with van der Waals surface area (Å²) in [6.45, 7) is 25.9. The Morgan fingerprint density at radius 1 is 0.400 bits per heavy atom. The SMILES string of the molecule is C[Si]1(C)OCCOCCOCCO[Si]1(C)C.C[Si]1(C)OCCOCCOCCO[Si]1(C)C.O=S(=O)([O-])C(F)(F)F.O=S(=O)([O-])C(F)(F)F.[Li+].[Li+]. The van der Waals surface area contributed by atoms with E-state index in [2.05, 4.69) is 52.4 Å². The minimum absolute atomic E-state index is 0. The van der Waals surface area contributed by atoms with Crippen LogP contribution >= 0.6 is 0 Å². The van der Waals surface area contributed by atoms with Crippen molar-refractivity contribution in [3.8, 4) is 0 Å². The topological polar surface area (TPSA) is 188 Å². The Morgan fingerprint density at radius 2 is 0.520 bits per heavy atom. The summed E-state index contributed by atoms with van der Waals surface area (Å²) in [4.78, 5) is 0. The van der Waals surface area contributed by atoms with Crippen LogP contribution in [0.2, 0.25) is 52.4 Å². The number of rotatable bonds is 0. The second kappa shape index (κ2) is 25.3. The van der Waals surface area contributed by atoms with Crippen LogP contribution in [0.3, 0.4) is 0 Å². The van der Waals surface area contributed by atoms with Gasteiger partial charge in [-0.15, -0.1) is 0 Å². The first-order chi connectivity index (χ1) is 21.4. The van der Waals surface area contributed by atoms with Crippen molar-refractivity contribution in [3.05, 3.63) is 0 Å². The van der Waals surface area contributed by atoms with Crippen molar-refractivity contribution in [2.45, 2.75) is 63.4 Å². The predicted molar refractivity (Wildman–Crippen MR) is 169 cm³/mol. The van der Waals surface area contributed by atoms with E-state index in [4.69, 9.17) is 62.6 Å². The number of hydrogen-bond acceptors (Lipinski definition) is 14. The van der Waals surface area contributed by atoms with Crippen LogP contribution in [0.4, 0.5) is 26.3 Å². The molecule has 0 unspecified atom stereocenters. The summed E-state index contributed by atoms with van der Waals surface area (Å²) in [6.07, 6.45) is 0. The molecule has 0 spiro atoms. The molecule has 2 heterocycles. The smallest absolute Gasteiger partial charge is 0.741 e. The molecule has 0 radical (unpaired) electrons.